The number of sulfonamides is 1. The van der Waals surface area contributed by atoms with Gasteiger partial charge in [-0.2, -0.15) is 0 Å². The van der Waals surface area contributed by atoms with Crippen LogP contribution in [0.1, 0.15) is 18.1 Å². The maximum Gasteiger partial charge on any atom is 0.323 e. The second kappa shape index (κ2) is 8.83. The summed E-state index contributed by atoms with van der Waals surface area (Å²) in [7, 11) is -3.71. The smallest absolute Gasteiger partial charge is 0.323 e. The van der Waals surface area contributed by atoms with Crippen molar-refractivity contribution in [3.8, 4) is 11.5 Å². The van der Waals surface area contributed by atoms with Gasteiger partial charge in [0.2, 0.25) is 10.0 Å². The van der Waals surface area contributed by atoms with Crippen LogP contribution in [0.3, 0.4) is 0 Å². The first kappa shape index (κ1) is 21.6. The van der Waals surface area contributed by atoms with E-state index in [4.69, 9.17) is 4.74 Å². The zero-order chi connectivity index (χ0) is 22.7. The standard InChI is InChI=1S/C22H21FN4O4S/c1-2-27-13-17-19(10-11-24-21(17)25-22(27)28)31-20-9-8-16(12-18(20)23)26-32(29,30)14-15-6-4-3-5-7-15/h3-12,26H,2,13-14H2,1H3,(H,24,25,28). The number of benzene rings is 2. The van der Waals surface area contributed by atoms with Crippen molar-refractivity contribution in [1.82, 2.24) is 9.88 Å². The van der Waals surface area contributed by atoms with E-state index in [-0.39, 0.29) is 29.8 Å². The Morgan fingerprint density at radius 2 is 1.94 bits per heavy atom. The molecule has 1 aliphatic heterocycles. The number of nitrogens with zero attached hydrogens (tertiary/aromatic N) is 2. The van der Waals surface area contributed by atoms with Crippen LogP contribution in [0.5, 0.6) is 11.5 Å². The molecule has 0 bridgehead atoms. The van der Waals surface area contributed by atoms with Crippen LogP contribution in [0.15, 0.2) is 60.8 Å². The number of hydrogen-bond donors (Lipinski definition) is 2. The summed E-state index contributed by atoms with van der Waals surface area (Å²) in [5.74, 6) is -0.323. The molecular formula is C22H21FN4O4S. The number of pyridine rings is 1. The van der Waals surface area contributed by atoms with Crippen molar-refractivity contribution in [3.63, 3.8) is 0 Å². The van der Waals surface area contributed by atoms with Crippen LogP contribution in [-0.4, -0.2) is 30.9 Å². The summed E-state index contributed by atoms with van der Waals surface area (Å²) in [5.41, 5.74) is 1.34. The third-order valence-corrected chi connectivity index (χ3v) is 6.14. The van der Waals surface area contributed by atoms with Crippen LogP contribution in [0, 0.1) is 5.82 Å². The molecule has 4 rings (SSSR count). The number of hydrogen-bond acceptors (Lipinski definition) is 5. The fraction of sp³-hybridized carbons (Fsp3) is 0.182. The molecule has 0 unspecified atom stereocenters. The predicted octanol–water partition coefficient (Wildman–Crippen LogP) is 4.32. The highest BCUT2D eigenvalue weighted by molar-refractivity contribution is 7.91. The lowest BCUT2D eigenvalue weighted by Crippen LogP contribution is -2.38. The molecule has 10 heteroatoms. The number of amides is 2. The fourth-order valence-corrected chi connectivity index (χ4v) is 4.49. The van der Waals surface area contributed by atoms with E-state index in [0.717, 1.165) is 6.07 Å². The van der Waals surface area contributed by atoms with Crippen molar-refractivity contribution < 1.29 is 22.3 Å². The number of anilines is 2. The van der Waals surface area contributed by atoms with Gasteiger partial charge in [-0.05, 0) is 30.7 Å². The van der Waals surface area contributed by atoms with Gasteiger partial charge in [-0.1, -0.05) is 30.3 Å². The zero-order valence-corrected chi connectivity index (χ0v) is 18.0. The number of rotatable bonds is 7. The molecule has 0 atom stereocenters. The van der Waals surface area contributed by atoms with E-state index < -0.39 is 15.8 Å². The minimum Gasteiger partial charge on any atom is -0.454 e. The normalized spacial score (nSPS) is 13.3. The van der Waals surface area contributed by atoms with Gasteiger partial charge < -0.3 is 9.64 Å². The maximum absolute atomic E-state index is 14.7. The zero-order valence-electron chi connectivity index (χ0n) is 17.2. The first-order chi connectivity index (χ1) is 15.3. The number of carbonyl (C=O) groups excluding carboxylic acids is 1. The van der Waals surface area contributed by atoms with Gasteiger partial charge in [0, 0.05) is 18.8 Å². The maximum atomic E-state index is 14.7. The molecule has 2 aromatic carbocycles. The van der Waals surface area contributed by atoms with Crippen molar-refractivity contribution in [2.45, 2.75) is 19.2 Å². The van der Waals surface area contributed by atoms with Crippen molar-refractivity contribution >= 4 is 27.6 Å². The van der Waals surface area contributed by atoms with Crippen LogP contribution in [0.4, 0.5) is 20.7 Å². The molecule has 0 fully saturated rings. The number of halogens is 1. The Morgan fingerprint density at radius 3 is 2.66 bits per heavy atom. The van der Waals surface area contributed by atoms with Gasteiger partial charge in [-0.3, -0.25) is 10.0 Å². The third-order valence-electron chi connectivity index (χ3n) is 4.88. The second-order valence-electron chi connectivity index (χ2n) is 7.17. The number of carbonyl (C=O) groups is 1. The Hall–Kier alpha value is -3.66. The van der Waals surface area contributed by atoms with Gasteiger partial charge in [0.15, 0.2) is 11.6 Å². The van der Waals surface area contributed by atoms with Crippen LogP contribution >= 0.6 is 0 Å². The monoisotopic (exact) mass is 456 g/mol. The lowest BCUT2D eigenvalue weighted by molar-refractivity contribution is 0.209. The fourth-order valence-electron chi connectivity index (χ4n) is 3.30. The topological polar surface area (TPSA) is 101 Å². The lowest BCUT2D eigenvalue weighted by Gasteiger charge is -2.28. The van der Waals surface area contributed by atoms with Crippen molar-refractivity contribution in [2.24, 2.45) is 0 Å². The van der Waals surface area contributed by atoms with E-state index in [1.807, 2.05) is 6.92 Å². The Kier molecular flexibility index (Phi) is 5.95. The molecule has 166 valence electrons. The Morgan fingerprint density at radius 1 is 1.16 bits per heavy atom. The summed E-state index contributed by atoms with van der Waals surface area (Å²) in [4.78, 5) is 17.7. The minimum atomic E-state index is -3.71. The highest BCUT2D eigenvalue weighted by atomic mass is 32.2. The molecule has 0 saturated heterocycles. The van der Waals surface area contributed by atoms with E-state index in [0.29, 0.717) is 29.2 Å². The summed E-state index contributed by atoms with van der Waals surface area (Å²) in [6, 6.07) is 13.9. The summed E-state index contributed by atoms with van der Waals surface area (Å²) in [5, 5.41) is 2.68. The molecule has 0 aliphatic carbocycles. The molecule has 1 aliphatic rings. The molecule has 1 aromatic heterocycles. The molecule has 3 aromatic rings. The van der Waals surface area contributed by atoms with Gasteiger partial charge in [-0.25, -0.2) is 22.6 Å². The van der Waals surface area contributed by atoms with Gasteiger partial charge in [0.25, 0.3) is 0 Å². The molecule has 2 amide bonds. The Bertz CT molecular complexity index is 1250. The molecule has 0 saturated carbocycles. The first-order valence-electron chi connectivity index (χ1n) is 9.90. The van der Waals surface area contributed by atoms with Crippen LogP contribution < -0.4 is 14.8 Å². The number of aromatic nitrogens is 1. The predicted molar refractivity (Wildman–Crippen MR) is 119 cm³/mol. The van der Waals surface area contributed by atoms with E-state index in [1.54, 1.807) is 41.3 Å². The minimum absolute atomic E-state index is 0.0793. The van der Waals surface area contributed by atoms with Crippen molar-refractivity contribution in [1.29, 1.82) is 0 Å². The molecular weight excluding hydrogens is 435 g/mol. The molecule has 8 nitrogen and oxygen atoms in total. The van der Waals surface area contributed by atoms with Gasteiger partial charge in [-0.15, -0.1) is 0 Å². The van der Waals surface area contributed by atoms with Gasteiger partial charge >= 0.3 is 6.03 Å². The SMILES string of the molecule is CCN1Cc2c(Oc3ccc(NS(=O)(=O)Cc4ccccc4)cc3F)ccnc2NC1=O. The summed E-state index contributed by atoms with van der Waals surface area (Å²) in [6.45, 7) is 2.62. The van der Waals surface area contributed by atoms with E-state index in [2.05, 4.69) is 15.0 Å². The van der Waals surface area contributed by atoms with E-state index in [9.17, 15) is 17.6 Å². The first-order valence-corrected chi connectivity index (χ1v) is 11.6. The van der Waals surface area contributed by atoms with Crippen molar-refractivity contribution in [2.75, 3.05) is 16.6 Å². The molecule has 2 N–H and O–H groups in total. The highest BCUT2D eigenvalue weighted by Crippen LogP contribution is 2.34. The average molecular weight is 456 g/mol. The van der Waals surface area contributed by atoms with Crippen molar-refractivity contribution in [3.05, 3.63) is 77.7 Å². The Balaban J connectivity index is 1.52. The lowest BCUT2D eigenvalue weighted by atomic mass is 10.2. The van der Waals surface area contributed by atoms with Crippen LogP contribution in [-0.2, 0) is 22.3 Å². The molecule has 2 heterocycles. The average Bonchev–Trinajstić information content (AvgIpc) is 2.75. The van der Waals surface area contributed by atoms with Crippen LogP contribution in [0.25, 0.3) is 0 Å². The highest BCUT2D eigenvalue weighted by Gasteiger charge is 2.25. The molecule has 0 radical (unpaired) electrons. The largest absolute Gasteiger partial charge is 0.454 e. The second-order valence-corrected chi connectivity index (χ2v) is 8.90. The number of ether oxygens (including phenoxy) is 1. The van der Waals surface area contributed by atoms with E-state index in [1.165, 1.54) is 18.3 Å². The quantitative estimate of drug-likeness (QED) is 0.551. The summed E-state index contributed by atoms with van der Waals surface area (Å²) >= 11 is 0. The van der Waals surface area contributed by atoms with E-state index >= 15 is 0 Å². The molecule has 32 heavy (non-hydrogen) atoms. The Labute approximate surface area is 185 Å². The van der Waals surface area contributed by atoms with Gasteiger partial charge in [0.05, 0.1) is 23.5 Å². The molecule has 0 spiro atoms. The third kappa shape index (κ3) is 4.80. The number of urea groups is 1. The van der Waals surface area contributed by atoms with Gasteiger partial charge in [0.1, 0.15) is 11.6 Å². The summed E-state index contributed by atoms with van der Waals surface area (Å²) < 4.78 is 47.6. The summed E-state index contributed by atoms with van der Waals surface area (Å²) in [6.07, 6.45) is 1.46. The number of fused-ring (bicyclic) bond motifs is 1. The number of nitrogens with one attached hydrogen (secondary N) is 2. The van der Waals surface area contributed by atoms with Crippen LogP contribution in [0.2, 0.25) is 0 Å².